The van der Waals surface area contributed by atoms with Crippen molar-refractivity contribution in [2.75, 3.05) is 19.4 Å². The van der Waals surface area contributed by atoms with E-state index >= 15 is 0 Å². The molecule has 152 valence electrons. The molecule has 0 aliphatic carbocycles. The topological polar surface area (TPSA) is 67.7 Å². The van der Waals surface area contributed by atoms with Crippen LogP contribution >= 0.6 is 11.3 Å². The van der Waals surface area contributed by atoms with Crippen LogP contribution in [-0.2, 0) is 6.54 Å². The minimum atomic E-state index is 0.535. The van der Waals surface area contributed by atoms with Gasteiger partial charge < -0.3 is 15.2 Å². The van der Waals surface area contributed by atoms with Gasteiger partial charge in [-0.05, 0) is 55.6 Å². The van der Waals surface area contributed by atoms with Crippen molar-refractivity contribution in [2.45, 2.75) is 6.54 Å². The molecule has 0 saturated carbocycles. The number of nitrogens with one attached hydrogen (secondary N) is 2. The predicted octanol–water partition coefficient (Wildman–Crippen LogP) is 6.12. The normalized spacial score (nSPS) is 11.3. The zero-order valence-electron chi connectivity index (χ0n) is 17.3. The fourth-order valence-corrected chi connectivity index (χ4v) is 4.93. The van der Waals surface area contributed by atoms with E-state index in [1.807, 2.05) is 24.4 Å². The standard InChI is InChI=1S/C25H21N5S/c1-30(2)15-17-5-3-4-6-20(17)23-12-21-24(18(13-26)14-28-25(21)31-23)29-19-7-8-22-16(11-19)9-10-27-22/h3-12,14,27H,15H2,1-2H3,(H,28,29). The number of aromatic amines is 1. The molecular formula is C25H21N5S. The number of hydrogen-bond donors (Lipinski definition) is 2. The highest BCUT2D eigenvalue weighted by atomic mass is 32.1. The third-order valence-corrected chi connectivity index (χ3v) is 6.35. The molecule has 3 aromatic heterocycles. The summed E-state index contributed by atoms with van der Waals surface area (Å²) in [4.78, 5) is 12.0. The first-order valence-electron chi connectivity index (χ1n) is 10.0. The summed E-state index contributed by atoms with van der Waals surface area (Å²) in [6.45, 7) is 0.864. The summed E-state index contributed by atoms with van der Waals surface area (Å²) in [5.74, 6) is 0. The second-order valence-electron chi connectivity index (χ2n) is 7.79. The number of pyridine rings is 1. The van der Waals surface area contributed by atoms with Crippen LogP contribution in [0.3, 0.4) is 0 Å². The maximum Gasteiger partial charge on any atom is 0.126 e. The number of rotatable bonds is 5. The molecule has 5 rings (SSSR count). The lowest BCUT2D eigenvalue weighted by Gasteiger charge is -2.13. The Morgan fingerprint density at radius 3 is 2.84 bits per heavy atom. The molecule has 3 heterocycles. The van der Waals surface area contributed by atoms with Crippen molar-refractivity contribution in [3.8, 4) is 16.5 Å². The summed E-state index contributed by atoms with van der Waals surface area (Å²) in [5.41, 5.74) is 5.84. The van der Waals surface area contributed by atoms with E-state index in [4.69, 9.17) is 0 Å². The SMILES string of the molecule is CN(C)Cc1ccccc1-c1cc2c(Nc3ccc4[nH]ccc4c3)c(C#N)cnc2s1. The number of hydrogen-bond acceptors (Lipinski definition) is 5. The van der Waals surface area contributed by atoms with E-state index < -0.39 is 0 Å². The van der Waals surface area contributed by atoms with E-state index in [0.717, 1.165) is 43.9 Å². The third-order valence-electron chi connectivity index (χ3n) is 5.27. The van der Waals surface area contributed by atoms with Crippen LogP contribution in [0.5, 0.6) is 0 Å². The lowest BCUT2D eigenvalue weighted by Crippen LogP contribution is -2.11. The molecule has 0 unspecified atom stereocenters. The van der Waals surface area contributed by atoms with Gasteiger partial charge in [0.1, 0.15) is 10.9 Å². The average molecular weight is 424 g/mol. The largest absolute Gasteiger partial charge is 0.361 e. The molecule has 6 heteroatoms. The molecule has 0 saturated heterocycles. The molecule has 0 radical (unpaired) electrons. The zero-order valence-corrected chi connectivity index (χ0v) is 18.1. The third kappa shape index (κ3) is 3.66. The predicted molar refractivity (Wildman–Crippen MR) is 129 cm³/mol. The number of benzene rings is 2. The van der Waals surface area contributed by atoms with Gasteiger partial charge in [-0.3, -0.25) is 0 Å². The molecular weight excluding hydrogens is 402 g/mol. The number of H-pyrrole nitrogens is 1. The summed E-state index contributed by atoms with van der Waals surface area (Å²) < 4.78 is 0. The Labute approximate surface area is 184 Å². The number of nitrogens with zero attached hydrogens (tertiary/aromatic N) is 3. The maximum absolute atomic E-state index is 9.72. The van der Waals surface area contributed by atoms with Crippen LogP contribution < -0.4 is 5.32 Å². The van der Waals surface area contributed by atoms with Crippen molar-refractivity contribution in [3.63, 3.8) is 0 Å². The molecule has 0 fully saturated rings. The number of nitriles is 1. The number of aromatic nitrogens is 2. The monoisotopic (exact) mass is 423 g/mol. The van der Waals surface area contributed by atoms with E-state index in [-0.39, 0.29) is 0 Å². The van der Waals surface area contributed by atoms with E-state index in [2.05, 4.69) is 76.7 Å². The second kappa shape index (κ2) is 7.88. The van der Waals surface area contributed by atoms with E-state index in [0.29, 0.717) is 5.56 Å². The number of fused-ring (bicyclic) bond motifs is 2. The van der Waals surface area contributed by atoms with Crippen molar-refractivity contribution < 1.29 is 0 Å². The van der Waals surface area contributed by atoms with E-state index in [1.54, 1.807) is 17.5 Å². The highest BCUT2D eigenvalue weighted by Crippen LogP contribution is 2.39. The lowest BCUT2D eigenvalue weighted by molar-refractivity contribution is 0.403. The van der Waals surface area contributed by atoms with Gasteiger partial charge in [0.05, 0.1) is 11.3 Å². The summed E-state index contributed by atoms with van der Waals surface area (Å²) in [5, 5.41) is 15.3. The molecule has 5 aromatic rings. The Morgan fingerprint density at radius 1 is 1.13 bits per heavy atom. The van der Waals surface area contributed by atoms with Gasteiger partial charge in [-0.15, -0.1) is 11.3 Å². The van der Waals surface area contributed by atoms with Crippen LogP contribution in [0, 0.1) is 11.3 Å². The summed E-state index contributed by atoms with van der Waals surface area (Å²) in [6, 6.07) is 21.1. The molecule has 2 aromatic carbocycles. The Morgan fingerprint density at radius 2 is 2.00 bits per heavy atom. The summed E-state index contributed by atoms with van der Waals surface area (Å²) in [6.07, 6.45) is 3.58. The van der Waals surface area contributed by atoms with Crippen LogP contribution in [0.1, 0.15) is 11.1 Å². The highest BCUT2D eigenvalue weighted by molar-refractivity contribution is 7.22. The molecule has 0 atom stereocenters. The Bertz CT molecular complexity index is 1440. The average Bonchev–Trinajstić information content (AvgIpc) is 3.40. The molecule has 0 spiro atoms. The van der Waals surface area contributed by atoms with Crippen molar-refractivity contribution in [3.05, 3.63) is 78.1 Å². The fourth-order valence-electron chi connectivity index (χ4n) is 3.86. The van der Waals surface area contributed by atoms with Crippen LogP contribution in [0.25, 0.3) is 31.6 Å². The molecule has 0 aliphatic heterocycles. The molecule has 0 bridgehead atoms. The van der Waals surface area contributed by atoms with Gasteiger partial charge in [0.2, 0.25) is 0 Å². The van der Waals surface area contributed by atoms with E-state index in [1.165, 1.54) is 11.1 Å². The minimum absolute atomic E-state index is 0.535. The van der Waals surface area contributed by atoms with Crippen molar-refractivity contribution in [1.82, 2.24) is 14.9 Å². The Hall–Kier alpha value is -3.66. The first kappa shape index (κ1) is 19.3. The zero-order chi connectivity index (χ0) is 21.4. The Balaban J connectivity index is 1.62. The van der Waals surface area contributed by atoms with Gasteiger partial charge in [0.25, 0.3) is 0 Å². The molecule has 5 nitrogen and oxygen atoms in total. The summed E-state index contributed by atoms with van der Waals surface area (Å²) >= 11 is 1.66. The van der Waals surface area contributed by atoms with Gasteiger partial charge in [-0.1, -0.05) is 24.3 Å². The molecule has 31 heavy (non-hydrogen) atoms. The lowest BCUT2D eigenvalue weighted by atomic mass is 10.0. The van der Waals surface area contributed by atoms with Crippen LogP contribution in [0.15, 0.2) is 67.0 Å². The van der Waals surface area contributed by atoms with Gasteiger partial charge in [0.15, 0.2) is 0 Å². The summed E-state index contributed by atoms with van der Waals surface area (Å²) in [7, 11) is 4.15. The van der Waals surface area contributed by atoms with Crippen molar-refractivity contribution in [2.24, 2.45) is 0 Å². The molecule has 2 N–H and O–H groups in total. The van der Waals surface area contributed by atoms with E-state index in [9.17, 15) is 5.26 Å². The second-order valence-corrected chi connectivity index (χ2v) is 8.82. The first-order chi connectivity index (χ1) is 15.1. The smallest absolute Gasteiger partial charge is 0.126 e. The minimum Gasteiger partial charge on any atom is -0.361 e. The van der Waals surface area contributed by atoms with Crippen molar-refractivity contribution >= 4 is 43.8 Å². The highest BCUT2D eigenvalue weighted by Gasteiger charge is 2.15. The van der Waals surface area contributed by atoms with Gasteiger partial charge in [0, 0.05) is 45.8 Å². The van der Waals surface area contributed by atoms with Crippen LogP contribution in [0.4, 0.5) is 11.4 Å². The number of anilines is 2. The Kier molecular flexibility index (Phi) is 4.91. The van der Waals surface area contributed by atoms with Crippen LogP contribution in [0.2, 0.25) is 0 Å². The molecule has 0 amide bonds. The molecule has 0 aliphatic rings. The fraction of sp³-hybridized carbons (Fsp3) is 0.120. The van der Waals surface area contributed by atoms with Gasteiger partial charge >= 0.3 is 0 Å². The van der Waals surface area contributed by atoms with Gasteiger partial charge in [-0.2, -0.15) is 5.26 Å². The number of thiophene rings is 1. The maximum atomic E-state index is 9.72. The first-order valence-corrected chi connectivity index (χ1v) is 10.8. The van der Waals surface area contributed by atoms with Crippen molar-refractivity contribution in [1.29, 1.82) is 5.26 Å². The van der Waals surface area contributed by atoms with Gasteiger partial charge in [-0.25, -0.2) is 4.98 Å². The quantitative estimate of drug-likeness (QED) is 0.357. The van der Waals surface area contributed by atoms with Crippen LogP contribution in [-0.4, -0.2) is 29.0 Å².